The van der Waals surface area contributed by atoms with Crippen molar-refractivity contribution < 1.29 is 9.72 Å². The summed E-state index contributed by atoms with van der Waals surface area (Å²) in [4.78, 5) is 22.6. The van der Waals surface area contributed by atoms with E-state index in [9.17, 15) is 14.9 Å². The molecule has 1 saturated heterocycles. The number of benzene rings is 1. The molecule has 0 bridgehead atoms. The highest BCUT2D eigenvalue weighted by Crippen LogP contribution is 2.18. The third-order valence-corrected chi connectivity index (χ3v) is 3.78. The van der Waals surface area contributed by atoms with Gasteiger partial charge in [0.15, 0.2) is 0 Å². The molecule has 0 aromatic heterocycles. The van der Waals surface area contributed by atoms with Gasteiger partial charge in [0.05, 0.1) is 4.92 Å². The summed E-state index contributed by atoms with van der Waals surface area (Å²) < 4.78 is 0. The molecule has 1 aliphatic heterocycles. The number of nitrogens with one attached hydrogen (secondary N) is 2. The Balaban J connectivity index is 2.16. The van der Waals surface area contributed by atoms with Gasteiger partial charge < -0.3 is 10.6 Å². The van der Waals surface area contributed by atoms with Crippen LogP contribution in [0.3, 0.4) is 0 Å². The number of rotatable bonds is 3. The number of nitrogens with zero attached hydrogens (tertiary/aromatic N) is 1. The van der Waals surface area contributed by atoms with Crippen LogP contribution in [0.25, 0.3) is 0 Å². The number of amides is 1. The van der Waals surface area contributed by atoms with Crippen molar-refractivity contribution in [2.24, 2.45) is 5.92 Å². The van der Waals surface area contributed by atoms with Crippen LogP contribution >= 0.6 is 0 Å². The van der Waals surface area contributed by atoms with Gasteiger partial charge in [0.1, 0.15) is 0 Å². The average Bonchev–Trinajstić information content (AvgIpc) is 2.41. The lowest BCUT2D eigenvalue weighted by Gasteiger charge is -2.30. The van der Waals surface area contributed by atoms with Crippen molar-refractivity contribution >= 4 is 11.6 Å². The molecule has 20 heavy (non-hydrogen) atoms. The van der Waals surface area contributed by atoms with E-state index in [0.717, 1.165) is 25.1 Å². The van der Waals surface area contributed by atoms with E-state index in [4.69, 9.17) is 0 Å². The summed E-state index contributed by atoms with van der Waals surface area (Å²) in [6.45, 7) is 5.62. The molecule has 2 unspecified atom stereocenters. The number of hydrogen-bond acceptors (Lipinski definition) is 4. The van der Waals surface area contributed by atoms with Crippen LogP contribution in [0.15, 0.2) is 18.2 Å². The van der Waals surface area contributed by atoms with E-state index in [1.165, 1.54) is 12.1 Å². The molecule has 0 saturated carbocycles. The number of carbonyl (C=O) groups is 1. The monoisotopic (exact) mass is 277 g/mol. The first-order valence-corrected chi connectivity index (χ1v) is 6.75. The number of non-ortho nitro benzene ring substituents is 1. The highest BCUT2D eigenvalue weighted by Gasteiger charge is 2.24. The topological polar surface area (TPSA) is 84.3 Å². The third kappa shape index (κ3) is 3.14. The maximum atomic E-state index is 12.3. The summed E-state index contributed by atoms with van der Waals surface area (Å²) in [7, 11) is 0. The molecule has 1 heterocycles. The number of nitro groups is 1. The van der Waals surface area contributed by atoms with Crippen LogP contribution in [0.1, 0.15) is 29.3 Å². The Bertz CT molecular complexity index is 530. The van der Waals surface area contributed by atoms with Crippen molar-refractivity contribution in [1.82, 2.24) is 10.6 Å². The fourth-order valence-corrected chi connectivity index (χ4v) is 2.44. The van der Waals surface area contributed by atoms with Crippen molar-refractivity contribution in [1.29, 1.82) is 0 Å². The minimum Gasteiger partial charge on any atom is -0.349 e. The van der Waals surface area contributed by atoms with E-state index in [0.29, 0.717) is 11.5 Å². The van der Waals surface area contributed by atoms with E-state index in [1.54, 1.807) is 13.0 Å². The molecule has 1 aromatic carbocycles. The molecular weight excluding hydrogens is 258 g/mol. The van der Waals surface area contributed by atoms with Crippen LogP contribution in [0.5, 0.6) is 0 Å². The molecule has 2 rings (SSSR count). The molecule has 0 radical (unpaired) electrons. The molecule has 1 aromatic rings. The Morgan fingerprint density at radius 1 is 1.50 bits per heavy atom. The summed E-state index contributed by atoms with van der Waals surface area (Å²) >= 11 is 0. The van der Waals surface area contributed by atoms with E-state index < -0.39 is 4.92 Å². The number of aryl methyl sites for hydroxylation is 1. The van der Waals surface area contributed by atoms with Crippen molar-refractivity contribution in [2.45, 2.75) is 26.3 Å². The Morgan fingerprint density at radius 2 is 2.25 bits per heavy atom. The minimum atomic E-state index is -0.483. The van der Waals surface area contributed by atoms with Crippen LogP contribution in [0.2, 0.25) is 0 Å². The maximum Gasteiger partial charge on any atom is 0.270 e. The zero-order chi connectivity index (χ0) is 14.7. The average molecular weight is 277 g/mol. The molecule has 1 aliphatic rings. The van der Waals surface area contributed by atoms with E-state index in [1.807, 2.05) is 0 Å². The number of carbonyl (C=O) groups excluding carboxylic acids is 1. The summed E-state index contributed by atoms with van der Waals surface area (Å²) in [6, 6.07) is 4.48. The van der Waals surface area contributed by atoms with Gasteiger partial charge in [0.25, 0.3) is 11.6 Å². The highest BCUT2D eigenvalue weighted by molar-refractivity contribution is 5.96. The lowest BCUT2D eigenvalue weighted by molar-refractivity contribution is -0.384. The van der Waals surface area contributed by atoms with Crippen molar-refractivity contribution in [3.63, 3.8) is 0 Å². The molecule has 2 N–H and O–H groups in total. The quantitative estimate of drug-likeness (QED) is 0.649. The highest BCUT2D eigenvalue weighted by atomic mass is 16.6. The molecule has 6 heteroatoms. The molecule has 2 atom stereocenters. The van der Waals surface area contributed by atoms with Gasteiger partial charge >= 0.3 is 0 Å². The first-order valence-electron chi connectivity index (χ1n) is 6.75. The molecule has 1 amide bonds. The molecule has 108 valence electrons. The van der Waals surface area contributed by atoms with Gasteiger partial charge in [-0.3, -0.25) is 14.9 Å². The van der Waals surface area contributed by atoms with Gasteiger partial charge in [-0.05, 0) is 37.9 Å². The second-order valence-electron chi connectivity index (χ2n) is 5.31. The third-order valence-electron chi connectivity index (χ3n) is 3.78. The van der Waals surface area contributed by atoms with Gasteiger partial charge in [0, 0.05) is 23.7 Å². The van der Waals surface area contributed by atoms with E-state index >= 15 is 0 Å². The second kappa shape index (κ2) is 6.00. The molecule has 0 aliphatic carbocycles. The first kappa shape index (κ1) is 14.5. The molecule has 6 nitrogen and oxygen atoms in total. The smallest absolute Gasteiger partial charge is 0.270 e. The molecule has 1 fully saturated rings. The van der Waals surface area contributed by atoms with Gasteiger partial charge in [0.2, 0.25) is 0 Å². The van der Waals surface area contributed by atoms with Crippen LogP contribution < -0.4 is 10.6 Å². The van der Waals surface area contributed by atoms with Crippen LogP contribution in [-0.2, 0) is 0 Å². The zero-order valence-corrected chi connectivity index (χ0v) is 11.7. The first-order chi connectivity index (χ1) is 9.49. The number of hydrogen-bond donors (Lipinski definition) is 2. The standard InChI is InChI=1S/C14H19N3O3/c1-9-3-4-11(17(19)20)7-12(9)14(18)16-13-5-6-15-8-10(13)2/h3-4,7,10,13,15H,5-6,8H2,1-2H3,(H,16,18). The van der Waals surface area contributed by atoms with Gasteiger partial charge in [-0.15, -0.1) is 0 Å². The molecular formula is C14H19N3O3. The Hall–Kier alpha value is -1.95. The van der Waals surface area contributed by atoms with Gasteiger partial charge in [-0.25, -0.2) is 0 Å². The summed E-state index contributed by atoms with van der Waals surface area (Å²) in [5.41, 5.74) is 1.07. The number of nitro benzene ring substituents is 1. The summed E-state index contributed by atoms with van der Waals surface area (Å²) in [6.07, 6.45) is 0.876. The molecule has 0 spiro atoms. The summed E-state index contributed by atoms with van der Waals surface area (Å²) in [5, 5.41) is 17.1. The van der Waals surface area contributed by atoms with Crippen LogP contribution in [-0.4, -0.2) is 30.0 Å². The van der Waals surface area contributed by atoms with E-state index in [-0.39, 0.29) is 17.6 Å². The maximum absolute atomic E-state index is 12.3. The Kier molecular flexibility index (Phi) is 4.34. The summed E-state index contributed by atoms with van der Waals surface area (Å²) in [5.74, 6) is 0.122. The predicted octanol–water partition coefficient (Wildman–Crippen LogP) is 1.63. The lowest BCUT2D eigenvalue weighted by atomic mass is 9.94. The van der Waals surface area contributed by atoms with Crippen molar-refractivity contribution in [2.75, 3.05) is 13.1 Å². The Morgan fingerprint density at radius 3 is 2.90 bits per heavy atom. The minimum absolute atomic E-state index is 0.0564. The lowest BCUT2D eigenvalue weighted by Crippen LogP contribution is -2.48. The van der Waals surface area contributed by atoms with E-state index in [2.05, 4.69) is 17.6 Å². The largest absolute Gasteiger partial charge is 0.349 e. The van der Waals surface area contributed by atoms with Gasteiger partial charge in [-0.2, -0.15) is 0 Å². The SMILES string of the molecule is Cc1ccc([N+](=O)[O-])cc1C(=O)NC1CCNCC1C. The predicted molar refractivity (Wildman–Crippen MR) is 75.7 cm³/mol. The fourth-order valence-electron chi connectivity index (χ4n) is 2.44. The fraction of sp³-hybridized carbons (Fsp3) is 0.500. The number of piperidine rings is 1. The van der Waals surface area contributed by atoms with Gasteiger partial charge in [-0.1, -0.05) is 13.0 Å². The second-order valence-corrected chi connectivity index (χ2v) is 5.31. The zero-order valence-electron chi connectivity index (χ0n) is 11.7. The van der Waals surface area contributed by atoms with Crippen LogP contribution in [0.4, 0.5) is 5.69 Å². The van der Waals surface area contributed by atoms with Crippen LogP contribution in [0, 0.1) is 23.0 Å². The van der Waals surface area contributed by atoms with Crippen molar-refractivity contribution in [3.8, 4) is 0 Å². The van der Waals surface area contributed by atoms with Crippen molar-refractivity contribution in [3.05, 3.63) is 39.4 Å². The normalized spacial score (nSPS) is 22.3. The Labute approximate surface area is 117 Å².